The number of carbonyl (C=O) groups excluding carboxylic acids is 1. The lowest BCUT2D eigenvalue weighted by Crippen LogP contribution is -2.24. The molecule has 5 heteroatoms. The summed E-state index contributed by atoms with van der Waals surface area (Å²) in [7, 11) is 1.50. The Kier molecular flexibility index (Phi) is 2.66. The Bertz CT molecular complexity index is 619. The smallest absolute Gasteiger partial charge is 0.256 e. The number of rotatable bonds is 1. The van der Waals surface area contributed by atoms with Crippen LogP contribution in [0, 0.1) is 5.41 Å². The second-order valence-corrected chi connectivity index (χ2v) is 3.69. The van der Waals surface area contributed by atoms with E-state index >= 15 is 0 Å². The quantitative estimate of drug-likeness (QED) is 0.795. The van der Waals surface area contributed by atoms with Gasteiger partial charge >= 0.3 is 0 Å². The molecule has 82 valence electrons. The van der Waals surface area contributed by atoms with Crippen molar-refractivity contribution in [3.8, 4) is 0 Å². The zero-order valence-corrected chi connectivity index (χ0v) is 9.26. The van der Waals surface area contributed by atoms with E-state index in [1.54, 1.807) is 24.3 Å². The summed E-state index contributed by atoms with van der Waals surface area (Å²) in [5.74, 6) is -0.351. The Morgan fingerprint density at radius 2 is 2.19 bits per heavy atom. The first kappa shape index (κ1) is 10.7. The molecule has 16 heavy (non-hydrogen) atoms. The lowest BCUT2D eigenvalue weighted by Gasteiger charge is -2.02. The first-order chi connectivity index (χ1) is 7.61. The van der Waals surface area contributed by atoms with E-state index in [0.717, 1.165) is 0 Å². The van der Waals surface area contributed by atoms with Crippen molar-refractivity contribution in [1.82, 2.24) is 5.32 Å². The number of halogens is 1. The average Bonchev–Trinajstić information content (AvgIpc) is 2.28. The summed E-state index contributed by atoms with van der Waals surface area (Å²) in [4.78, 5) is 11.4. The monoisotopic (exact) mass is 236 g/mol. The fourth-order valence-electron chi connectivity index (χ4n) is 1.41. The molecular formula is C11H9ClN2O2. The number of hydrogen-bond acceptors (Lipinski definition) is 3. The summed E-state index contributed by atoms with van der Waals surface area (Å²) in [5, 5.41) is 11.3. The zero-order valence-electron chi connectivity index (χ0n) is 8.50. The van der Waals surface area contributed by atoms with Crippen LogP contribution in [0.4, 0.5) is 0 Å². The van der Waals surface area contributed by atoms with Gasteiger partial charge in [0, 0.05) is 17.5 Å². The average molecular weight is 237 g/mol. The predicted molar refractivity (Wildman–Crippen MR) is 60.5 cm³/mol. The predicted octanol–water partition coefficient (Wildman–Crippen LogP) is 1.93. The van der Waals surface area contributed by atoms with Crippen LogP contribution in [0.3, 0.4) is 0 Å². The van der Waals surface area contributed by atoms with E-state index in [-0.39, 0.29) is 17.0 Å². The molecule has 1 aromatic carbocycles. The van der Waals surface area contributed by atoms with Crippen molar-refractivity contribution >= 4 is 28.5 Å². The Hall–Kier alpha value is -1.81. The standard InChI is InChI=1S/C11H9ClN2O2/c1-14-11(15)8-5-6-4-7(12)2-3-9(6)16-10(8)13/h2-5,13H,1H3,(H,14,15). The van der Waals surface area contributed by atoms with Crippen molar-refractivity contribution in [2.45, 2.75) is 0 Å². The van der Waals surface area contributed by atoms with Crippen molar-refractivity contribution in [2.75, 3.05) is 7.05 Å². The Morgan fingerprint density at radius 1 is 1.44 bits per heavy atom. The molecule has 0 atom stereocenters. The first-order valence-electron chi connectivity index (χ1n) is 4.62. The molecule has 4 nitrogen and oxygen atoms in total. The van der Waals surface area contributed by atoms with Gasteiger partial charge in [-0.05, 0) is 24.3 Å². The van der Waals surface area contributed by atoms with Crippen LogP contribution in [-0.2, 0) is 0 Å². The maximum Gasteiger partial charge on any atom is 0.256 e. The highest BCUT2D eigenvalue weighted by atomic mass is 35.5. The maximum absolute atomic E-state index is 11.4. The molecule has 0 spiro atoms. The summed E-state index contributed by atoms with van der Waals surface area (Å²) >= 11 is 5.84. The molecule has 2 aromatic rings. The van der Waals surface area contributed by atoms with Crippen molar-refractivity contribution in [3.63, 3.8) is 0 Å². The third-order valence-electron chi connectivity index (χ3n) is 2.20. The SMILES string of the molecule is CNC(=O)c1cc2cc(Cl)ccc2oc1=N. The maximum atomic E-state index is 11.4. The molecule has 0 aliphatic heterocycles. The van der Waals surface area contributed by atoms with Gasteiger partial charge in [0.15, 0.2) is 0 Å². The van der Waals surface area contributed by atoms with Gasteiger partial charge in [-0.2, -0.15) is 0 Å². The van der Waals surface area contributed by atoms with Crippen LogP contribution in [0.25, 0.3) is 11.0 Å². The molecule has 2 rings (SSSR count). The van der Waals surface area contributed by atoms with E-state index in [0.29, 0.717) is 16.0 Å². The molecule has 0 radical (unpaired) electrons. The Balaban J connectivity index is 2.74. The minimum Gasteiger partial charge on any atom is -0.438 e. The topological polar surface area (TPSA) is 66.1 Å². The third-order valence-corrected chi connectivity index (χ3v) is 2.44. The lowest BCUT2D eigenvalue weighted by molar-refractivity contribution is 0.0959. The van der Waals surface area contributed by atoms with Crippen LogP contribution < -0.4 is 10.9 Å². The second-order valence-electron chi connectivity index (χ2n) is 3.25. The van der Waals surface area contributed by atoms with E-state index in [1.807, 2.05) is 0 Å². The first-order valence-corrected chi connectivity index (χ1v) is 4.99. The van der Waals surface area contributed by atoms with Gasteiger partial charge in [0.2, 0.25) is 5.55 Å². The minimum atomic E-state index is -0.351. The third kappa shape index (κ3) is 1.79. The molecule has 0 saturated carbocycles. The van der Waals surface area contributed by atoms with E-state index in [1.165, 1.54) is 7.05 Å². The van der Waals surface area contributed by atoms with Crippen LogP contribution in [0.2, 0.25) is 5.02 Å². The van der Waals surface area contributed by atoms with E-state index in [9.17, 15) is 4.79 Å². The highest BCUT2D eigenvalue weighted by molar-refractivity contribution is 6.31. The number of fused-ring (bicyclic) bond motifs is 1. The van der Waals surface area contributed by atoms with E-state index in [2.05, 4.69) is 5.32 Å². The summed E-state index contributed by atoms with van der Waals surface area (Å²) in [6, 6.07) is 6.62. The Labute approximate surface area is 96.3 Å². The molecule has 0 fully saturated rings. The molecule has 0 saturated heterocycles. The zero-order chi connectivity index (χ0) is 11.7. The van der Waals surface area contributed by atoms with Gasteiger partial charge in [0.1, 0.15) is 11.1 Å². The number of benzene rings is 1. The number of hydrogen-bond donors (Lipinski definition) is 2. The van der Waals surface area contributed by atoms with Gasteiger partial charge < -0.3 is 9.73 Å². The van der Waals surface area contributed by atoms with Crippen molar-refractivity contribution < 1.29 is 9.21 Å². The van der Waals surface area contributed by atoms with Gasteiger partial charge in [-0.25, -0.2) is 0 Å². The van der Waals surface area contributed by atoms with Crippen LogP contribution in [0.5, 0.6) is 0 Å². The van der Waals surface area contributed by atoms with Gasteiger partial charge in [-0.15, -0.1) is 0 Å². The minimum absolute atomic E-state index is 0.158. The van der Waals surface area contributed by atoms with Crippen LogP contribution in [0.1, 0.15) is 10.4 Å². The van der Waals surface area contributed by atoms with E-state index in [4.69, 9.17) is 21.4 Å². The molecule has 0 bridgehead atoms. The molecule has 1 heterocycles. The summed E-state index contributed by atoms with van der Waals surface area (Å²) in [6.45, 7) is 0. The number of amides is 1. The molecule has 0 aliphatic rings. The number of carbonyl (C=O) groups is 1. The van der Waals surface area contributed by atoms with Crippen LogP contribution in [0.15, 0.2) is 28.7 Å². The fraction of sp³-hybridized carbons (Fsp3) is 0.0909. The molecule has 0 aliphatic carbocycles. The second kappa shape index (κ2) is 3.98. The summed E-state index contributed by atoms with van der Waals surface area (Å²) in [5.41, 5.74) is 0.563. The van der Waals surface area contributed by atoms with Gasteiger partial charge in [0.25, 0.3) is 5.91 Å². The fourth-order valence-corrected chi connectivity index (χ4v) is 1.59. The largest absolute Gasteiger partial charge is 0.438 e. The van der Waals surface area contributed by atoms with Gasteiger partial charge in [0.05, 0.1) is 0 Å². The molecular weight excluding hydrogens is 228 g/mol. The summed E-state index contributed by atoms with van der Waals surface area (Å²) in [6.07, 6.45) is 0. The highest BCUT2D eigenvalue weighted by Gasteiger charge is 2.09. The Morgan fingerprint density at radius 3 is 2.88 bits per heavy atom. The lowest BCUT2D eigenvalue weighted by atomic mass is 10.2. The van der Waals surface area contributed by atoms with Crippen molar-refractivity contribution in [3.05, 3.63) is 40.4 Å². The van der Waals surface area contributed by atoms with Crippen molar-refractivity contribution in [2.24, 2.45) is 0 Å². The molecule has 1 aromatic heterocycles. The highest BCUT2D eigenvalue weighted by Crippen LogP contribution is 2.18. The van der Waals surface area contributed by atoms with Gasteiger partial charge in [-0.3, -0.25) is 10.2 Å². The normalized spacial score (nSPS) is 10.4. The molecule has 2 N–H and O–H groups in total. The molecule has 0 unspecified atom stereocenters. The van der Waals surface area contributed by atoms with E-state index < -0.39 is 0 Å². The number of nitrogens with one attached hydrogen (secondary N) is 2. The van der Waals surface area contributed by atoms with Crippen LogP contribution >= 0.6 is 11.6 Å². The van der Waals surface area contributed by atoms with Crippen molar-refractivity contribution in [1.29, 1.82) is 5.41 Å². The van der Waals surface area contributed by atoms with Crippen LogP contribution in [-0.4, -0.2) is 13.0 Å². The van der Waals surface area contributed by atoms with Gasteiger partial charge in [-0.1, -0.05) is 11.6 Å². The summed E-state index contributed by atoms with van der Waals surface area (Å²) < 4.78 is 5.22. The molecule has 1 amide bonds.